The lowest BCUT2D eigenvalue weighted by Crippen LogP contribution is -2.27. The van der Waals surface area contributed by atoms with Crippen molar-refractivity contribution < 1.29 is 9.21 Å². The molecule has 124 valence electrons. The number of carbonyl (C=O) groups excluding carboxylic acids is 1. The van der Waals surface area contributed by atoms with Crippen LogP contribution >= 0.6 is 39.0 Å². The topological polar surface area (TPSA) is 59.2 Å². The Labute approximate surface area is 156 Å². The number of hydrogen-bond donors (Lipinski definition) is 0. The Morgan fingerprint density at radius 3 is 2.79 bits per heavy atom. The molecule has 0 saturated heterocycles. The summed E-state index contributed by atoms with van der Waals surface area (Å²) in [6.45, 7) is 0.566. The van der Waals surface area contributed by atoms with Crippen LogP contribution in [0.15, 0.2) is 55.9 Å². The van der Waals surface area contributed by atoms with E-state index in [1.807, 2.05) is 41.8 Å². The van der Waals surface area contributed by atoms with Gasteiger partial charge in [0, 0.05) is 18.1 Å². The molecule has 0 spiro atoms. The summed E-state index contributed by atoms with van der Waals surface area (Å²) < 4.78 is 6.59. The van der Waals surface area contributed by atoms with Gasteiger partial charge in [-0.05, 0) is 29.1 Å². The molecule has 0 radical (unpaired) electrons. The van der Waals surface area contributed by atoms with Crippen LogP contribution in [0, 0.1) is 0 Å². The van der Waals surface area contributed by atoms with Crippen molar-refractivity contribution in [2.45, 2.75) is 11.8 Å². The summed E-state index contributed by atoms with van der Waals surface area (Å²) in [7, 11) is 1.79. The van der Waals surface area contributed by atoms with Gasteiger partial charge in [0.1, 0.15) is 0 Å². The fourth-order valence-electron chi connectivity index (χ4n) is 1.95. The monoisotopic (exact) mass is 423 g/mol. The first-order valence-electron chi connectivity index (χ1n) is 7.10. The highest BCUT2D eigenvalue weighted by Crippen LogP contribution is 2.26. The van der Waals surface area contributed by atoms with Crippen LogP contribution in [0.1, 0.15) is 5.56 Å². The molecule has 2 heterocycles. The Morgan fingerprint density at radius 1 is 1.29 bits per heavy atom. The molecule has 24 heavy (non-hydrogen) atoms. The number of aromatic nitrogens is 2. The summed E-state index contributed by atoms with van der Waals surface area (Å²) in [5.74, 6) is 0.765. The van der Waals surface area contributed by atoms with Crippen LogP contribution in [-0.4, -0.2) is 33.8 Å². The lowest BCUT2D eigenvalue weighted by atomic mass is 10.2. The van der Waals surface area contributed by atoms with E-state index in [0.717, 1.165) is 14.9 Å². The van der Waals surface area contributed by atoms with Crippen molar-refractivity contribution >= 4 is 44.9 Å². The van der Waals surface area contributed by atoms with Crippen LogP contribution in [0.4, 0.5) is 0 Å². The third kappa shape index (κ3) is 4.46. The first kappa shape index (κ1) is 17.2. The van der Waals surface area contributed by atoms with E-state index in [9.17, 15) is 4.79 Å². The summed E-state index contributed by atoms with van der Waals surface area (Å²) >= 11 is 6.19. The molecule has 5 nitrogen and oxygen atoms in total. The van der Waals surface area contributed by atoms with Crippen LogP contribution in [0.3, 0.4) is 0 Å². The van der Waals surface area contributed by atoms with Gasteiger partial charge < -0.3 is 9.32 Å². The number of hydrogen-bond acceptors (Lipinski definition) is 6. The summed E-state index contributed by atoms with van der Waals surface area (Å²) in [4.78, 5) is 14.8. The Bertz CT molecular complexity index is 803. The molecule has 0 bridgehead atoms. The molecule has 2 aromatic heterocycles. The number of rotatable bonds is 6. The molecule has 0 aliphatic carbocycles. The predicted molar refractivity (Wildman–Crippen MR) is 99.0 cm³/mol. The van der Waals surface area contributed by atoms with Gasteiger partial charge >= 0.3 is 0 Å². The van der Waals surface area contributed by atoms with Crippen LogP contribution in [0.2, 0.25) is 0 Å². The molecule has 0 unspecified atom stereocenters. The lowest BCUT2D eigenvalue weighted by molar-refractivity contribution is -0.127. The Kier molecular flexibility index (Phi) is 5.70. The number of amides is 1. The maximum Gasteiger partial charge on any atom is 0.277 e. The molecule has 0 aliphatic heterocycles. The third-order valence-electron chi connectivity index (χ3n) is 3.22. The quantitative estimate of drug-likeness (QED) is 0.552. The molecular formula is C16H14BrN3O2S2. The van der Waals surface area contributed by atoms with Crippen molar-refractivity contribution in [3.05, 3.63) is 51.8 Å². The van der Waals surface area contributed by atoms with E-state index in [4.69, 9.17) is 4.42 Å². The van der Waals surface area contributed by atoms with Gasteiger partial charge in [0.15, 0.2) is 0 Å². The average molecular weight is 424 g/mol. The number of halogens is 1. The molecule has 1 aromatic carbocycles. The molecule has 0 saturated carbocycles. The standard InChI is InChI=1S/C16H14BrN3O2S2/c1-20(9-11-4-6-12(17)7-5-11)14(21)10-24-16-19-18-15(22-16)13-3-2-8-23-13/h2-8H,9-10H2,1H3. The van der Waals surface area contributed by atoms with Gasteiger partial charge in [-0.1, -0.05) is 45.9 Å². The van der Waals surface area contributed by atoms with Gasteiger partial charge in [-0.2, -0.15) is 0 Å². The largest absolute Gasteiger partial charge is 0.410 e. The molecule has 0 atom stereocenters. The van der Waals surface area contributed by atoms with Crippen LogP contribution in [0.25, 0.3) is 10.8 Å². The van der Waals surface area contributed by atoms with Crippen LogP contribution < -0.4 is 0 Å². The summed E-state index contributed by atoms with van der Waals surface area (Å²) in [5.41, 5.74) is 1.08. The highest BCUT2D eigenvalue weighted by atomic mass is 79.9. The van der Waals surface area contributed by atoms with Gasteiger partial charge in [-0.25, -0.2) is 0 Å². The molecule has 1 amide bonds. The average Bonchev–Trinajstić information content (AvgIpc) is 3.25. The van der Waals surface area contributed by atoms with Crippen LogP contribution in [-0.2, 0) is 11.3 Å². The second-order valence-corrected chi connectivity index (χ2v) is 7.81. The molecule has 0 aliphatic rings. The second-order valence-electron chi connectivity index (χ2n) is 5.02. The van der Waals surface area contributed by atoms with E-state index >= 15 is 0 Å². The minimum absolute atomic E-state index is 0.0128. The maximum absolute atomic E-state index is 12.2. The smallest absolute Gasteiger partial charge is 0.277 e. The zero-order valence-corrected chi connectivity index (χ0v) is 16.0. The van der Waals surface area contributed by atoms with Crippen molar-refractivity contribution in [2.75, 3.05) is 12.8 Å². The molecule has 8 heteroatoms. The number of thiophene rings is 1. The zero-order chi connectivity index (χ0) is 16.9. The van der Waals surface area contributed by atoms with Gasteiger partial charge in [0.05, 0.1) is 10.6 Å². The second kappa shape index (κ2) is 7.96. The molecule has 3 aromatic rings. The fourth-order valence-corrected chi connectivity index (χ4v) is 3.57. The molecule has 3 rings (SSSR count). The minimum Gasteiger partial charge on any atom is -0.410 e. The van der Waals surface area contributed by atoms with E-state index in [1.165, 1.54) is 23.1 Å². The number of carbonyl (C=O) groups is 1. The molecule has 0 fully saturated rings. The third-order valence-corrected chi connectivity index (χ3v) is 5.41. The summed E-state index contributed by atoms with van der Waals surface area (Å²) in [5, 5.41) is 10.3. The Balaban J connectivity index is 1.52. The van der Waals surface area contributed by atoms with Gasteiger partial charge in [0.25, 0.3) is 11.1 Å². The van der Waals surface area contributed by atoms with Crippen LogP contribution in [0.5, 0.6) is 0 Å². The van der Waals surface area contributed by atoms with E-state index in [2.05, 4.69) is 26.1 Å². The maximum atomic E-state index is 12.2. The first-order valence-corrected chi connectivity index (χ1v) is 9.76. The molecular weight excluding hydrogens is 410 g/mol. The Morgan fingerprint density at radius 2 is 2.08 bits per heavy atom. The lowest BCUT2D eigenvalue weighted by Gasteiger charge is -2.16. The number of benzene rings is 1. The normalized spacial score (nSPS) is 10.8. The SMILES string of the molecule is CN(Cc1ccc(Br)cc1)C(=O)CSc1nnc(-c2cccs2)o1. The summed E-state index contributed by atoms with van der Waals surface area (Å²) in [6.07, 6.45) is 0. The van der Waals surface area contributed by atoms with Gasteiger partial charge in [-0.15, -0.1) is 21.5 Å². The van der Waals surface area contributed by atoms with Crippen molar-refractivity contribution in [1.29, 1.82) is 0 Å². The van der Waals surface area contributed by atoms with Crippen molar-refractivity contribution in [3.63, 3.8) is 0 Å². The molecule has 0 N–H and O–H groups in total. The van der Waals surface area contributed by atoms with Gasteiger partial charge in [-0.3, -0.25) is 4.79 Å². The number of nitrogens with zero attached hydrogens (tertiary/aromatic N) is 3. The highest BCUT2D eigenvalue weighted by Gasteiger charge is 2.14. The Hall–Kier alpha value is -1.64. The summed E-state index contributed by atoms with van der Waals surface area (Å²) in [6, 6.07) is 11.8. The highest BCUT2D eigenvalue weighted by molar-refractivity contribution is 9.10. The van der Waals surface area contributed by atoms with E-state index in [0.29, 0.717) is 17.7 Å². The minimum atomic E-state index is 0.0128. The zero-order valence-electron chi connectivity index (χ0n) is 12.8. The van der Waals surface area contributed by atoms with E-state index in [1.54, 1.807) is 11.9 Å². The van der Waals surface area contributed by atoms with Crippen molar-refractivity contribution in [3.8, 4) is 10.8 Å². The fraction of sp³-hybridized carbons (Fsp3) is 0.188. The van der Waals surface area contributed by atoms with Crippen molar-refractivity contribution in [2.24, 2.45) is 0 Å². The van der Waals surface area contributed by atoms with Gasteiger partial charge in [0.2, 0.25) is 5.91 Å². The van der Waals surface area contributed by atoms with Crippen molar-refractivity contribution in [1.82, 2.24) is 15.1 Å². The number of thioether (sulfide) groups is 1. The van der Waals surface area contributed by atoms with E-state index in [-0.39, 0.29) is 11.7 Å². The van der Waals surface area contributed by atoms with E-state index < -0.39 is 0 Å². The predicted octanol–water partition coefficient (Wildman–Crippen LogP) is 4.31. The first-order chi connectivity index (χ1) is 11.6.